The summed E-state index contributed by atoms with van der Waals surface area (Å²) in [6, 6.07) is 9.50. The van der Waals surface area contributed by atoms with Gasteiger partial charge in [-0.3, -0.25) is 14.6 Å². The second-order valence-electron chi connectivity index (χ2n) is 5.61. The molecule has 4 rings (SSSR count). The molecule has 0 spiro atoms. The molecular formula is C16H16N6O2. The van der Waals surface area contributed by atoms with E-state index < -0.39 is 0 Å². The van der Waals surface area contributed by atoms with Crippen LogP contribution in [0.15, 0.2) is 41.3 Å². The number of anilines is 1. The molecule has 0 atom stereocenters. The van der Waals surface area contributed by atoms with E-state index >= 15 is 0 Å². The van der Waals surface area contributed by atoms with E-state index in [1.807, 2.05) is 37.3 Å². The normalized spacial score (nSPS) is 14.8. The van der Waals surface area contributed by atoms with Crippen molar-refractivity contribution in [3.8, 4) is 5.69 Å². The van der Waals surface area contributed by atoms with Crippen molar-refractivity contribution in [1.82, 2.24) is 24.6 Å². The summed E-state index contributed by atoms with van der Waals surface area (Å²) in [5.74, 6) is 0.409. The molecule has 1 N–H and O–H groups in total. The van der Waals surface area contributed by atoms with E-state index in [-0.39, 0.29) is 18.0 Å². The summed E-state index contributed by atoms with van der Waals surface area (Å²) >= 11 is 0. The summed E-state index contributed by atoms with van der Waals surface area (Å²) in [5.41, 5.74) is 1.03. The third kappa shape index (κ3) is 2.23. The smallest absolute Gasteiger partial charge is 0.263 e. The number of carbonyl (C=O) groups is 1. The van der Waals surface area contributed by atoms with Gasteiger partial charge in [-0.15, -0.1) is 0 Å². The van der Waals surface area contributed by atoms with Crippen LogP contribution in [0.25, 0.3) is 16.7 Å². The highest BCUT2D eigenvalue weighted by Crippen LogP contribution is 2.18. The number of carbonyl (C=O) groups excluding carboxylic acids is 1. The second-order valence-corrected chi connectivity index (χ2v) is 5.61. The first kappa shape index (κ1) is 14.4. The highest BCUT2D eigenvalue weighted by molar-refractivity contribution is 5.84. The van der Waals surface area contributed by atoms with Gasteiger partial charge in [-0.2, -0.15) is 10.1 Å². The van der Waals surface area contributed by atoms with Crippen LogP contribution in [0.1, 0.15) is 6.92 Å². The van der Waals surface area contributed by atoms with Crippen LogP contribution < -0.4 is 10.5 Å². The van der Waals surface area contributed by atoms with Crippen molar-refractivity contribution in [3.63, 3.8) is 0 Å². The van der Waals surface area contributed by atoms with Gasteiger partial charge in [0, 0.05) is 6.54 Å². The van der Waals surface area contributed by atoms with Crippen LogP contribution in [0.4, 0.5) is 5.95 Å². The van der Waals surface area contributed by atoms with E-state index in [2.05, 4.69) is 15.1 Å². The highest BCUT2D eigenvalue weighted by Gasteiger charge is 2.28. The molecule has 1 fully saturated rings. The Hall–Kier alpha value is -3.16. The Morgan fingerprint density at radius 2 is 2.00 bits per heavy atom. The van der Waals surface area contributed by atoms with Crippen molar-refractivity contribution < 1.29 is 4.79 Å². The number of nitrogens with zero attached hydrogens (tertiary/aromatic N) is 5. The van der Waals surface area contributed by atoms with Crippen molar-refractivity contribution in [2.45, 2.75) is 6.92 Å². The molecule has 1 aromatic carbocycles. The number of aromatic amines is 1. The zero-order valence-electron chi connectivity index (χ0n) is 13.1. The summed E-state index contributed by atoms with van der Waals surface area (Å²) in [5, 5.41) is 4.70. The number of hydrogen-bond acceptors (Lipinski definition) is 5. The lowest BCUT2D eigenvalue weighted by Gasteiger charge is -2.16. The van der Waals surface area contributed by atoms with Gasteiger partial charge in [0.2, 0.25) is 11.9 Å². The molecule has 0 saturated carbocycles. The van der Waals surface area contributed by atoms with Crippen LogP contribution >= 0.6 is 0 Å². The minimum Gasteiger partial charge on any atom is -0.324 e. The maximum atomic E-state index is 12.4. The molecular weight excluding hydrogens is 308 g/mol. The SMILES string of the molecule is CCN1CN(c2nc3c(cnn3-c3ccccc3)c(=O)[nH]2)CC1=O. The fourth-order valence-electron chi connectivity index (χ4n) is 2.83. The first-order valence-electron chi connectivity index (χ1n) is 7.73. The van der Waals surface area contributed by atoms with E-state index in [0.717, 1.165) is 5.69 Å². The number of hydrogen-bond donors (Lipinski definition) is 1. The van der Waals surface area contributed by atoms with Crippen molar-refractivity contribution in [2.24, 2.45) is 0 Å². The van der Waals surface area contributed by atoms with Crippen LogP contribution in [0, 0.1) is 0 Å². The Morgan fingerprint density at radius 1 is 1.21 bits per heavy atom. The number of rotatable bonds is 3. The summed E-state index contributed by atoms with van der Waals surface area (Å²) in [6.07, 6.45) is 1.51. The Balaban J connectivity index is 1.82. The molecule has 8 heteroatoms. The molecule has 1 amide bonds. The van der Waals surface area contributed by atoms with Crippen LogP contribution in [-0.2, 0) is 4.79 Å². The number of para-hydroxylation sites is 1. The van der Waals surface area contributed by atoms with Crippen molar-refractivity contribution in [2.75, 3.05) is 24.7 Å². The van der Waals surface area contributed by atoms with Gasteiger partial charge in [-0.1, -0.05) is 18.2 Å². The summed E-state index contributed by atoms with van der Waals surface area (Å²) in [6.45, 7) is 3.18. The quantitative estimate of drug-likeness (QED) is 0.767. The van der Waals surface area contributed by atoms with Gasteiger partial charge in [-0.05, 0) is 19.1 Å². The number of aromatic nitrogens is 4. The van der Waals surface area contributed by atoms with E-state index in [4.69, 9.17) is 0 Å². The lowest BCUT2D eigenvalue weighted by atomic mass is 10.3. The maximum absolute atomic E-state index is 12.4. The van der Waals surface area contributed by atoms with Gasteiger partial charge in [-0.25, -0.2) is 4.68 Å². The standard InChI is InChI=1S/C16H16N6O2/c1-2-20-10-21(9-13(20)23)16-18-14-12(15(24)19-16)8-17-22(14)11-6-4-3-5-7-11/h3-8H,2,9-10H2,1H3,(H,18,19,24). The minimum atomic E-state index is -0.264. The predicted octanol–water partition coefficient (Wildman–Crippen LogP) is 0.735. The fraction of sp³-hybridized carbons (Fsp3) is 0.250. The molecule has 1 aliphatic rings. The second kappa shape index (κ2) is 5.48. The Morgan fingerprint density at radius 3 is 2.71 bits per heavy atom. The van der Waals surface area contributed by atoms with Crippen LogP contribution in [0.5, 0.6) is 0 Å². The van der Waals surface area contributed by atoms with Gasteiger partial charge in [0.25, 0.3) is 5.56 Å². The number of amides is 1. The maximum Gasteiger partial charge on any atom is 0.263 e. The molecule has 122 valence electrons. The monoisotopic (exact) mass is 324 g/mol. The molecule has 0 bridgehead atoms. The molecule has 0 aliphatic carbocycles. The average molecular weight is 324 g/mol. The van der Waals surface area contributed by atoms with E-state index in [0.29, 0.717) is 30.2 Å². The van der Waals surface area contributed by atoms with Gasteiger partial charge in [0.05, 0.1) is 18.6 Å². The Labute approximate surface area is 137 Å². The zero-order chi connectivity index (χ0) is 16.7. The molecule has 3 aromatic rings. The van der Waals surface area contributed by atoms with Crippen LogP contribution in [0.2, 0.25) is 0 Å². The van der Waals surface area contributed by atoms with Gasteiger partial charge in [0.15, 0.2) is 5.65 Å². The third-order valence-corrected chi connectivity index (χ3v) is 4.13. The summed E-state index contributed by atoms with van der Waals surface area (Å²) in [4.78, 5) is 35.0. The number of likely N-dealkylation sites (N-methyl/N-ethyl adjacent to an activating group) is 1. The average Bonchev–Trinajstić information content (AvgIpc) is 3.19. The third-order valence-electron chi connectivity index (χ3n) is 4.13. The summed E-state index contributed by atoms with van der Waals surface area (Å²) < 4.78 is 1.63. The zero-order valence-corrected chi connectivity index (χ0v) is 13.1. The summed E-state index contributed by atoms with van der Waals surface area (Å²) in [7, 11) is 0. The highest BCUT2D eigenvalue weighted by atomic mass is 16.2. The number of H-pyrrole nitrogens is 1. The van der Waals surface area contributed by atoms with Crippen molar-refractivity contribution in [3.05, 3.63) is 46.9 Å². The fourth-order valence-corrected chi connectivity index (χ4v) is 2.83. The number of benzene rings is 1. The molecule has 0 radical (unpaired) electrons. The lowest BCUT2D eigenvalue weighted by molar-refractivity contribution is -0.126. The molecule has 2 aromatic heterocycles. The van der Waals surface area contributed by atoms with Crippen LogP contribution in [-0.4, -0.2) is 50.3 Å². The number of fused-ring (bicyclic) bond motifs is 1. The Kier molecular flexibility index (Phi) is 3.30. The molecule has 0 unspecified atom stereocenters. The molecule has 3 heterocycles. The van der Waals surface area contributed by atoms with Gasteiger partial charge >= 0.3 is 0 Å². The largest absolute Gasteiger partial charge is 0.324 e. The predicted molar refractivity (Wildman–Crippen MR) is 89.1 cm³/mol. The van der Waals surface area contributed by atoms with Crippen molar-refractivity contribution in [1.29, 1.82) is 0 Å². The van der Waals surface area contributed by atoms with E-state index in [9.17, 15) is 9.59 Å². The lowest BCUT2D eigenvalue weighted by Crippen LogP contribution is -2.28. The molecule has 24 heavy (non-hydrogen) atoms. The first-order valence-corrected chi connectivity index (χ1v) is 7.73. The van der Waals surface area contributed by atoms with Crippen molar-refractivity contribution >= 4 is 22.9 Å². The van der Waals surface area contributed by atoms with Gasteiger partial charge < -0.3 is 9.80 Å². The minimum absolute atomic E-state index is 0.0248. The molecule has 8 nitrogen and oxygen atoms in total. The topological polar surface area (TPSA) is 87.1 Å². The molecule has 1 aliphatic heterocycles. The first-order chi connectivity index (χ1) is 11.7. The molecule has 1 saturated heterocycles. The van der Waals surface area contributed by atoms with Gasteiger partial charge in [0.1, 0.15) is 11.9 Å². The number of nitrogens with one attached hydrogen (secondary N) is 1. The van der Waals surface area contributed by atoms with E-state index in [1.165, 1.54) is 6.20 Å². The van der Waals surface area contributed by atoms with E-state index in [1.54, 1.807) is 14.5 Å². The Bertz CT molecular complexity index is 962. The van der Waals surface area contributed by atoms with Crippen LogP contribution in [0.3, 0.4) is 0 Å².